The summed E-state index contributed by atoms with van der Waals surface area (Å²) in [6.07, 6.45) is 2.06. The third-order valence-electron chi connectivity index (χ3n) is 3.67. The number of benzene rings is 1. The minimum absolute atomic E-state index is 0.0237. The van der Waals surface area contributed by atoms with E-state index in [1.54, 1.807) is 0 Å². The van der Waals surface area contributed by atoms with E-state index in [0.717, 1.165) is 42.8 Å². The topological polar surface area (TPSA) is 48.4 Å². The summed E-state index contributed by atoms with van der Waals surface area (Å²) in [4.78, 5) is 0. The van der Waals surface area contributed by atoms with Crippen molar-refractivity contribution in [2.75, 3.05) is 13.2 Å². The van der Waals surface area contributed by atoms with Gasteiger partial charge in [-0.2, -0.15) is 0 Å². The summed E-state index contributed by atoms with van der Waals surface area (Å²) in [7, 11) is 0. The Kier molecular flexibility index (Phi) is 3.10. The predicted octanol–water partition coefficient (Wildman–Crippen LogP) is 3.17. The first-order valence-corrected chi connectivity index (χ1v) is 6.56. The van der Waals surface area contributed by atoms with E-state index in [1.807, 2.05) is 6.07 Å². The highest BCUT2D eigenvalue weighted by Gasteiger charge is 2.21. The third-order valence-corrected chi connectivity index (χ3v) is 3.67. The van der Waals surface area contributed by atoms with Gasteiger partial charge >= 0.3 is 0 Å². The second-order valence-corrected chi connectivity index (χ2v) is 5.26. The van der Waals surface area contributed by atoms with Gasteiger partial charge in [0.2, 0.25) is 0 Å². The van der Waals surface area contributed by atoms with Gasteiger partial charge in [-0.15, -0.1) is 0 Å². The van der Waals surface area contributed by atoms with Crippen LogP contribution in [0.1, 0.15) is 30.2 Å². The van der Waals surface area contributed by atoms with Gasteiger partial charge in [-0.3, -0.25) is 0 Å². The molecule has 2 heterocycles. The smallest absolute Gasteiger partial charge is 0.134 e. The second-order valence-electron chi connectivity index (χ2n) is 5.26. The average Bonchev–Trinajstić information content (AvgIpc) is 2.96. The normalized spacial score (nSPS) is 21.6. The number of fused-ring (bicyclic) bond motifs is 1. The standard InChI is InChI=1S/C15H19NO2/c1-10-2-3-14-12(6-10)8-15(18-14)13(16)7-11-4-5-17-9-11/h2-3,6,8,11,13H,4-5,7,9,16H2,1H3. The molecule has 1 aliphatic heterocycles. The number of hydrogen-bond acceptors (Lipinski definition) is 3. The van der Waals surface area contributed by atoms with Crippen molar-refractivity contribution in [3.05, 3.63) is 35.6 Å². The Morgan fingerprint density at radius 3 is 3.06 bits per heavy atom. The van der Waals surface area contributed by atoms with Crippen LogP contribution in [0.25, 0.3) is 11.0 Å². The third kappa shape index (κ3) is 2.28. The van der Waals surface area contributed by atoms with E-state index in [4.69, 9.17) is 14.9 Å². The van der Waals surface area contributed by atoms with Crippen molar-refractivity contribution in [3.8, 4) is 0 Å². The Labute approximate surface area is 107 Å². The molecule has 18 heavy (non-hydrogen) atoms. The first-order valence-electron chi connectivity index (χ1n) is 6.56. The quantitative estimate of drug-likeness (QED) is 0.903. The van der Waals surface area contributed by atoms with Crippen molar-refractivity contribution in [1.82, 2.24) is 0 Å². The van der Waals surface area contributed by atoms with Gasteiger partial charge < -0.3 is 14.9 Å². The summed E-state index contributed by atoms with van der Waals surface area (Å²) in [5, 5.41) is 1.14. The van der Waals surface area contributed by atoms with Gasteiger partial charge in [-0.1, -0.05) is 11.6 Å². The minimum atomic E-state index is -0.0237. The van der Waals surface area contributed by atoms with Gasteiger partial charge in [0, 0.05) is 18.6 Å². The van der Waals surface area contributed by atoms with Gasteiger partial charge in [-0.25, -0.2) is 0 Å². The Morgan fingerprint density at radius 2 is 2.28 bits per heavy atom. The molecule has 0 aliphatic carbocycles. The van der Waals surface area contributed by atoms with Crippen LogP contribution in [-0.4, -0.2) is 13.2 Å². The number of furan rings is 1. The molecule has 1 aromatic carbocycles. The molecule has 2 atom stereocenters. The molecular formula is C15H19NO2. The highest BCUT2D eigenvalue weighted by Crippen LogP contribution is 2.29. The van der Waals surface area contributed by atoms with E-state index < -0.39 is 0 Å². The zero-order valence-corrected chi connectivity index (χ0v) is 10.7. The predicted molar refractivity (Wildman–Crippen MR) is 71.4 cm³/mol. The summed E-state index contributed by atoms with van der Waals surface area (Å²) < 4.78 is 11.2. The molecule has 0 saturated carbocycles. The molecule has 0 bridgehead atoms. The molecule has 1 aliphatic rings. The largest absolute Gasteiger partial charge is 0.459 e. The highest BCUT2D eigenvalue weighted by atomic mass is 16.5. The number of rotatable bonds is 3. The van der Waals surface area contributed by atoms with E-state index >= 15 is 0 Å². The molecule has 0 amide bonds. The minimum Gasteiger partial charge on any atom is -0.459 e. The van der Waals surface area contributed by atoms with Gasteiger partial charge in [0.05, 0.1) is 6.04 Å². The number of hydrogen-bond donors (Lipinski definition) is 1. The van der Waals surface area contributed by atoms with Crippen LogP contribution in [0, 0.1) is 12.8 Å². The monoisotopic (exact) mass is 245 g/mol. The van der Waals surface area contributed by atoms with E-state index in [9.17, 15) is 0 Å². The lowest BCUT2D eigenvalue weighted by molar-refractivity contribution is 0.182. The molecule has 2 N–H and O–H groups in total. The number of aryl methyl sites for hydroxylation is 1. The number of nitrogens with two attached hydrogens (primary N) is 1. The first kappa shape index (κ1) is 11.8. The Morgan fingerprint density at radius 1 is 1.39 bits per heavy atom. The lowest BCUT2D eigenvalue weighted by Crippen LogP contribution is -2.14. The molecular weight excluding hydrogens is 226 g/mol. The van der Waals surface area contributed by atoms with Gasteiger partial charge in [0.25, 0.3) is 0 Å². The molecule has 3 nitrogen and oxygen atoms in total. The molecule has 1 saturated heterocycles. The lowest BCUT2D eigenvalue weighted by Gasteiger charge is -2.12. The van der Waals surface area contributed by atoms with Crippen LogP contribution in [0.2, 0.25) is 0 Å². The molecule has 0 spiro atoms. The fourth-order valence-electron chi connectivity index (χ4n) is 2.61. The summed E-state index contributed by atoms with van der Waals surface area (Å²) in [5.74, 6) is 1.47. The Bertz CT molecular complexity index is 540. The van der Waals surface area contributed by atoms with E-state index in [2.05, 4.69) is 25.1 Å². The van der Waals surface area contributed by atoms with Crippen molar-refractivity contribution in [2.24, 2.45) is 11.7 Å². The van der Waals surface area contributed by atoms with Crippen LogP contribution in [0.15, 0.2) is 28.7 Å². The average molecular weight is 245 g/mol. The Balaban J connectivity index is 1.80. The molecule has 96 valence electrons. The van der Waals surface area contributed by atoms with Gasteiger partial charge in [0.15, 0.2) is 0 Å². The van der Waals surface area contributed by atoms with E-state index in [0.29, 0.717) is 5.92 Å². The van der Waals surface area contributed by atoms with Gasteiger partial charge in [0.1, 0.15) is 11.3 Å². The molecule has 3 heteroatoms. The van der Waals surface area contributed by atoms with Crippen molar-refractivity contribution < 1.29 is 9.15 Å². The first-order chi connectivity index (χ1) is 8.72. The molecule has 3 rings (SSSR count). The Hall–Kier alpha value is -1.32. The molecule has 0 radical (unpaired) electrons. The summed E-state index contributed by atoms with van der Waals surface area (Å²) in [6, 6.07) is 8.26. The molecule has 2 aromatic rings. The zero-order chi connectivity index (χ0) is 12.5. The molecule has 1 fully saturated rings. The van der Waals surface area contributed by atoms with Crippen molar-refractivity contribution in [1.29, 1.82) is 0 Å². The maximum atomic E-state index is 6.23. The van der Waals surface area contributed by atoms with Crippen LogP contribution in [0.4, 0.5) is 0 Å². The lowest BCUT2D eigenvalue weighted by atomic mass is 9.98. The fourth-order valence-corrected chi connectivity index (χ4v) is 2.61. The van der Waals surface area contributed by atoms with Crippen LogP contribution in [0.3, 0.4) is 0 Å². The SMILES string of the molecule is Cc1ccc2oc(C(N)CC3CCOC3)cc2c1. The van der Waals surface area contributed by atoms with Crippen molar-refractivity contribution in [3.63, 3.8) is 0 Å². The zero-order valence-electron chi connectivity index (χ0n) is 10.7. The maximum absolute atomic E-state index is 6.23. The molecule has 1 aromatic heterocycles. The van der Waals surface area contributed by atoms with Crippen LogP contribution < -0.4 is 5.73 Å². The van der Waals surface area contributed by atoms with Gasteiger partial charge in [-0.05, 0) is 43.9 Å². The fraction of sp³-hybridized carbons (Fsp3) is 0.467. The van der Waals surface area contributed by atoms with Crippen molar-refractivity contribution >= 4 is 11.0 Å². The highest BCUT2D eigenvalue weighted by molar-refractivity contribution is 5.78. The van der Waals surface area contributed by atoms with E-state index in [-0.39, 0.29) is 6.04 Å². The molecule has 2 unspecified atom stereocenters. The maximum Gasteiger partial charge on any atom is 0.134 e. The number of ether oxygens (including phenoxy) is 1. The van der Waals surface area contributed by atoms with Crippen molar-refractivity contribution in [2.45, 2.75) is 25.8 Å². The van der Waals surface area contributed by atoms with Crippen LogP contribution >= 0.6 is 0 Å². The summed E-state index contributed by atoms with van der Waals surface area (Å²) in [6.45, 7) is 3.80. The van der Waals surface area contributed by atoms with E-state index in [1.165, 1.54) is 5.56 Å². The second kappa shape index (κ2) is 4.75. The van der Waals surface area contributed by atoms with Crippen LogP contribution in [0.5, 0.6) is 0 Å². The summed E-state index contributed by atoms with van der Waals surface area (Å²) in [5.41, 5.74) is 8.40. The van der Waals surface area contributed by atoms with Crippen LogP contribution in [-0.2, 0) is 4.74 Å². The summed E-state index contributed by atoms with van der Waals surface area (Å²) >= 11 is 0.